The quantitative estimate of drug-likeness (QED) is 0.795. The maximum Gasteiger partial charge on any atom is 0.0424 e. The van der Waals surface area contributed by atoms with Crippen LogP contribution in [0.25, 0.3) is 11.1 Å². The lowest BCUT2D eigenvalue weighted by molar-refractivity contribution is 0.865. The van der Waals surface area contributed by atoms with E-state index in [1.54, 1.807) is 6.20 Å². The second kappa shape index (κ2) is 7.44. The molecule has 2 aromatic rings. The van der Waals surface area contributed by atoms with Gasteiger partial charge in [-0.15, -0.1) is 0 Å². The fourth-order valence-corrected chi connectivity index (χ4v) is 2.26. The van der Waals surface area contributed by atoms with Crippen LogP contribution in [-0.4, -0.2) is 13.3 Å². The monoisotopic (exact) mass is 278 g/mol. The second-order valence-corrected chi connectivity index (χ2v) is 5.25. The fraction of sp³-hybridized carbons (Fsp3) is 0.211. The lowest BCUT2D eigenvalue weighted by atomic mass is 9.93. The van der Waals surface area contributed by atoms with Gasteiger partial charge in [0.2, 0.25) is 0 Å². The van der Waals surface area contributed by atoms with E-state index in [0.29, 0.717) is 5.92 Å². The molecule has 0 aliphatic heterocycles. The van der Waals surface area contributed by atoms with E-state index < -0.39 is 0 Å². The molecule has 0 aliphatic rings. The average molecular weight is 278 g/mol. The van der Waals surface area contributed by atoms with E-state index in [2.05, 4.69) is 66.6 Å². The normalized spacial score (nSPS) is 11.6. The fourth-order valence-electron chi connectivity index (χ4n) is 2.26. The molecular formula is C19H22N2. The number of rotatable bonds is 5. The van der Waals surface area contributed by atoms with E-state index in [1.807, 2.05) is 25.5 Å². The minimum absolute atomic E-state index is 0.476. The highest BCUT2D eigenvalue weighted by atomic mass is 14.8. The first-order valence-electron chi connectivity index (χ1n) is 7.27. The summed E-state index contributed by atoms with van der Waals surface area (Å²) in [4.78, 5) is 4.34. The Morgan fingerprint density at radius 2 is 1.76 bits per heavy atom. The van der Waals surface area contributed by atoms with Gasteiger partial charge >= 0.3 is 0 Å². The van der Waals surface area contributed by atoms with Crippen LogP contribution in [0.1, 0.15) is 30.9 Å². The maximum atomic E-state index is 4.34. The van der Waals surface area contributed by atoms with Crippen molar-refractivity contribution in [3.05, 3.63) is 72.1 Å². The van der Waals surface area contributed by atoms with Gasteiger partial charge in [0.1, 0.15) is 0 Å². The van der Waals surface area contributed by atoms with E-state index in [-0.39, 0.29) is 0 Å². The van der Waals surface area contributed by atoms with Crippen molar-refractivity contribution in [1.29, 1.82) is 0 Å². The van der Waals surface area contributed by atoms with Gasteiger partial charge in [0.05, 0.1) is 0 Å². The van der Waals surface area contributed by atoms with Gasteiger partial charge < -0.3 is 5.32 Å². The van der Waals surface area contributed by atoms with Crippen LogP contribution in [-0.2, 0) is 0 Å². The van der Waals surface area contributed by atoms with Crippen LogP contribution >= 0.6 is 0 Å². The van der Waals surface area contributed by atoms with Crippen molar-refractivity contribution in [2.24, 2.45) is 4.99 Å². The van der Waals surface area contributed by atoms with Crippen LogP contribution in [0, 0.1) is 0 Å². The Balaban J connectivity index is 2.39. The summed E-state index contributed by atoms with van der Waals surface area (Å²) in [6.45, 7) is 4.41. The molecule has 1 N–H and O–H groups in total. The summed E-state index contributed by atoms with van der Waals surface area (Å²) in [5.41, 5.74) is 4.94. The Hall–Kier alpha value is -2.35. The van der Waals surface area contributed by atoms with Crippen LogP contribution < -0.4 is 5.32 Å². The molecule has 0 unspecified atom stereocenters. The molecule has 0 saturated heterocycles. The van der Waals surface area contributed by atoms with Gasteiger partial charge in [-0.25, -0.2) is 0 Å². The lowest BCUT2D eigenvalue weighted by Crippen LogP contribution is -1.96. The van der Waals surface area contributed by atoms with Gasteiger partial charge in [-0.3, -0.25) is 4.99 Å². The zero-order valence-electron chi connectivity index (χ0n) is 12.9. The highest BCUT2D eigenvalue weighted by molar-refractivity contribution is 5.85. The molecule has 0 atom stereocenters. The zero-order valence-corrected chi connectivity index (χ0v) is 12.9. The molecule has 0 bridgehead atoms. The van der Waals surface area contributed by atoms with Gasteiger partial charge in [0.15, 0.2) is 0 Å². The van der Waals surface area contributed by atoms with Gasteiger partial charge in [-0.1, -0.05) is 56.3 Å². The summed E-state index contributed by atoms with van der Waals surface area (Å²) in [5, 5.41) is 2.93. The van der Waals surface area contributed by atoms with E-state index >= 15 is 0 Å². The van der Waals surface area contributed by atoms with Gasteiger partial charge in [-0.05, 0) is 34.2 Å². The topological polar surface area (TPSA) is 24.4 Å². The molecule has 0 spiro atoms. The molecular weight excluding hydrogens is 256 g/mol. The summed E-state index contributed by atoms with van der Waals surface area (Å²) in [6.07, 6.45) is 5.50. The molecule has 0 aromatic heterocycles. The SMILES string of the molecule is CN/C=C\N=Cc1cc(-c2ccccc2)ccc1C(C)C. The number of hydrogen-bond acceptors (Lipinski definition) is 2. The first-order valence-corrected chi connectivity index (χ1v) is 7.27. The molecule has 0 heterocycles. The smallest absolute Gasteiger partial charge is 0.0424 e. The molecule has 0 saturated carbocycles. The minimum atomic E-state index is 0.476. The molecule has 0 amide bonds. The van der Waals surface area contributed by atoms with Crippen LogP contribution in [0.15, 0.2) is 65.9 Å². The summed E-state index contributed by atoms with van der Waals surface area (Å²) in [7, 11) is 1.86. The Morgan fingerprint density at radius 3 is 2.43 bits per heavy atom. The van der Waals surface area contributed by atoms with Crippen LogP contribution in [0.4, 0.5) is 0 Å². The highest BCUT2D eigenvalue weighted by Crippen LogP contribution is 2.25. The molecule has 0 fully saturated rings. The third-order valence-corrected chi connectivity index (χ3v) is 3.36. The number of benzene rings is 2. The number of nitrogens with zero attached hydrogens (tertiary/aromatic N) is 1. The number of nitrogens with one attached hydrogen (secondary N) is 1. The minimum Gasteiger partial charge on any atom is -0.393 e. The summed E-state index contributed by atoms with van der Waals surface area (Å²) >= 11 is 0. The second-order valence-electron chi connectivity index (χ2n) is 5.25. The van der Waals surface area contributed by atoms with Crippen LogP contribution in [0.5, 0.6) is 0 Å². The van der Waals surface area contributed by atoms with Crippen molar-refractivity contribution in [3.8, 4) is 11.1 Å². The van der Waals surface area contributed by atoms with Crippen LogP contribution in [0.3, 0.4) is 0 Å². The van der Waals surface area contributed by atoms with Gasteiger partial charge in [-0.2, -0.15) is 0 Å². The molecule has 2 heteroatoms. The van der Waals surface area contributed by atoms with Crippen molar-refractivity contribution in [2.45, 2.75) is 19.8 Å². The van der Waals surface area contributed by atoms with Crippen LogP contribution in [0.2, 0.25) is 0 Å². The maximum absolute atomic E-state index is 4.34. The number of hydrogen-bond donors (Lipinski definition) is 1. The Kier molecular flexibility index (Phi) is 5.33. The van der Waals surface area contributed by atoms with Crippen molar-refractivity contribution >= 4 is 6.21 Å². The average Bonchev–Trinajstić information content (AvgIpc) is 2.52. The van der Waals surface area contributed by atoms with Gasteiger partial charge in [0.25, 0.3) is 0 Å². The van der Waals surface area contributed by atoms with E-state index in [4.69, 9.17) is 0 Å². The number of aliphatic imine (C=N–C) groups is 1. The van der Waals surface area contributed by atoms with Crippen molar-refractivity contribution < 1.29 is 0 Å². The van der Waals surface area contributed by atoms with E-state index in [9.17, 15) is 0 Å². The molecule has 21 heavy (non-hydrogen) atoms. The first kappa shape index (κ1) is 15.0. The van der Waals surface area contributed by atoms with Crippen molar-refractivity contribution in [2.75, 3.05) is 7.05 Å². The molecule has 2 aromatic carbocycles. The summed E-state index contributed by atoms with van der Waals surface area (Å²) in [6, 6.07) is 17.0. The van der Waals surface area contributed by atoms with Gasteiger partial charge in [0, 0.05) is 25.7 Å². The molecule has 2 nitrogen and oxygen atoms in total. The molecule has 0 aliphatic carbocycles. The first-order chi connectivity index (χ1) is 10.2. The Bertz CT molecular complexity index is 625. The Labute approximate surface area is 127 Å². The highest BCUT2D eigenvalue weighted by Gasteiger charge is 2.07. The predicted octanol–water partition coefficient (Wildman–Crippen LogP) is 4.59. The molecule has 108 valence electrons. The summed E-state index contributed by atoms with van der Waals surface area (Å²) in [5.74, 6) is 0.476. The summed E-state index contributed by atoms with van der Waals surface area (Å²) < 4.78 is 0. The third kappa shape index (κ3) is 4.06. The Morgan fingerprint density at radius 1 is 1.00 bits per heavy atom. The lowest BCUT2D eigenvalue weighted by Gasteiger charge is -2.12. The third-order valence-electron chi connectivity index (χ3n) is 3.36. The van der Waals surface area contributed by atoms with Crippen molar-refractivity contribution in [1.82, 2.24) is 5.32 Å². The molecule has 2 rings (SSSR count). The standard InChI is InChI=1S/C19H22N2/c1-15(2)19-10-9-17(16-7-5-4-6-8-16)13-18(19)14-21-12-11-20-3/h4-15,20H,1-3H3/b12-11-,21-14?. The largest absolute Gasteiger partial charge is 0.393 e. The van der Waals surface area contributed by atoms with E-state index in [0.717, 1.165) is 0 Å². The van der Waals surface area contributed by atoms with E-state index in [1.165, 1.54) is 22.3 Å². The zero-order chi connectivity index (χ0) is 15.1. The predicted molar refractivity (Wildman–Crippen MR) is 91.8 cm³/mol. The van der Waals surface area contributed by atoms with Crippen molar-refractivity contribution in [3.63, 3.8) is 0 Å². The molecule has 0 radical (unpaired) electrons.